The first-order chi connectivity index (χ1) is 8.85. The maximum atomic E-state index is 5.49. The highest BCUT2D eigenvalue weighted by Crippen LogP contribution is 2.32. The highest BCUT2D eigenvalue weighted by atomic mass is 16.5. The Labute approximate surface area is 111 Å². The van der Waals surface area contributed by atoms with Crippen molar-refractivity contribution in [2.75, 3.05) is 59.0 Å². The van der Waals surface area contributed by atoms with Crippen molar-refractivity contribution in [2.24, 2.45) is 5.41 Å². The molecule has 4 nitrogen and oxygen atoms in total. The molecule has 2 heterocycles. The van der Waals surface area contributed by atoms with Crippen LogP contribution in [0.25, 0.3) is 0 Å². The van der Waals surface area contributed by atoms with Gasteiger partial charge < -0.3 is 15.4 Å². The van der Waals surface area contributed by atoms with Crippen LogP contribution in [0.5, 0.6) is 0 Å². The lowest BCUT2D eigenvalue weighted by Crippen LogP contribution is -2.47. The van der Waals surface area contributed by atoms with Crippen molar-refractivity contribution in [3.63, 3.8) is 0 Å². The van der Waals surface area contributed by atoms with E-state index in [4.69, 9.17) is 4.74 Å². The summed E-state index contributed by atoms with van der Waals surface area (Å²) >= 11 is 0. The molecule has 0 aliphatic carbocycles. The second-order valence-corrected chi connectivity index (χ2v) is 5.73. The van der Waals surface area contributed by atoms with Crippen LogP contribution in [0.4, 0.5) is 0 Å². The molecular formula is C14H29N3O. The molecule has 0 spiro atoms. The van der Waals surface area contributed by atoms with Gasteiger partial charge in [0.05, 0.1) is 0 Å². The summed E-state index contributed by atoms with van der Waals surface area (Å²) < 4.78 is 5.49. The van der Waals surface area contributed by atoms with E-state index in [0.717, 1.165) is 32.8 Å². The van der Waals surface area contributed by atoms with Crippen molar-refractivity contribution in [3.05, 3.63) is 0 Å². The molecule has 0 aromatic heterocycles. The van der Waals surface area contributed by atoms with E-state index in [-0.39, 0.29) is 0 Å². The summed E-state index contributed by atoms with van der Waals surface area (Å²) in [6.07, 6.45) is 3.73. The van der Waals surface area contributed by atoms with E-state index in [1.807, 2.05) is 0 Å². The molecule has 0 atom stereocenters. The van der Waals surface area contributed by atoms with Gasteiger partial charge >= 0.3 is 0 Å². The van der Waals surface area contributed by atoms with Crippen molar-refractivity contribution in [3.8, 4) is 0 Å². The Morgan fingerprint density at radius 3 is 2.61 bits per heavy atom. The molecule has 4 heteroatoms. The van der Waals surface area contributed by atoms with Gasteiger partial charge in [0.25, 0.3) is 0 Å². The molecule has 0 aromatic rings. The van der Waals surface area contributed by atoms with Crippen LogP contribution in [0.3, 0.4) is 0 Å². The fourth-order valence-corrected chi connectivity index (χ4v) is 2.99. The molecule has 0 amide bonds. The Kier molecular flexibility index (Phi) is 5.89. The number of hydrogen-bond acceptors (Lipinski definition) is 4. The van der Waals surface area contributed by atoms with Crippen LogP contribution in [-0.4, -0.2) is 63.9 Å². The van der Waals surface area contributed by atoms with E-state index in [2.05, 4.69) is 22.5 Å². The van der Waals surface area contributed by atoms with Crippen LogP contribution in [-0.2, 0) is 4.74 Å². The SMILES string of the molecule is CCC1(CNCCN2CCNCC2)CCOCC1. The van der Waals surface area contributed by atoms with Crippen molar-refractivity contribution < 1.29 is 4.74 Å². The first kappa shape index (κ1) is 14.3. The molecule has 0 saturated carbocycles. The van der Waals surface area contributed by atoms with Crippen molar-refractivity contribution >= 4 is 0 Å². The minimum absolute atomic E-state index is 0.502. The lowest BCUT2D eigenvalue weighted by atomic mass is 9.78. The third-order valence-corrected chi connectivity index (χ3v) is 4.62. The van der Waals surface area contributed by atoms with E-state index >= 15 is 0 Å². The molecule has 2 aliphatic heterocycles. The first-order valence-corrected chi connectivity index (χ1v) is 7.56. The number of nitrogens with one attached hydrogen (secondary N) is 2. The van der Waals surface area contributed by atoms with Crippen LogP contribution in [0.2, 0.25) is 0 Å². The normalized spacial score (nSPS) is 25.2. The maximum Gasteiger partial charge on any atom is 0.0471 e. The lowest BCUT2D eigenvalue weighted by molar-refractivity contribution is 0.0126. The number of ether oxygens (including phenoxy) is 1. The zero-order valence-electron chi connectivity index (χ0n) is 11.8. The highest BCUT2D eigenvalue weighted by molar-refractivity contribution is 4.83. The Morgan fingerprint density at radius 2 is 1.94 bits per heavy atom. The molecule has 2 fully saturated rings. The Balaban J connectivity index is 1.61. The number of hydrogen-bond donors (Lipinski definition) is 2. The van der Waals surface area contributed by atoms with E-state index in [1.54, 1.807) is 0 Å². The lowest BCUT2D eigenvalue weighted by Gasteiger charge is -2.37. The largest absolute Gasteiger partial charge is 0.381 e. The summed E-state index contributed by atoms with van der Waals surface area (Å²) in [5.41, 5.74) is 0.502. The summed E-state index contributed by atoms with van der Waals surface area (Å²) in [5, 5.41) is 7.07. The van der Waals surface area contributed by atoms with Crippen LogP contribution in [0, 0.1) is 5.41 Å². The highest BCUT2D eigenvalue weighted by Gasteiger charge is 2.30. The van der Waals surface area contributed by atoms with Crippen LogP contribution in [0.15, 0.2) is 0 Å². The van der Waals surface area contributed by atoms with Gasteiger partial charge in [-0.15, -0.1) is 0 Å². The van der Waals surface area contributed by atoms with Crippen molar-refractivity contribution in [1.82, 2.24) is 15.5 Å². The predicted octanol–water partition coefficient (Wildman–Crippen LogP) is 0.688. The fraction of sp³-hybridized carbons (Fsp3) is 1.00. The number of piperazine rings is 1. The van der Waals surface area contributed by atoms with Gasteiger partial charge in [-0.3, -0.25) is 4.90 Å². The maximum absolute atomic E-state index is 5.49. The Bertz CT molecular complexity index is 223. The Morgan fingerprint density at radius 1 is 1.22 bits per heavy atom. The molecule has 0 unspecified atom stereocenters. The average molecular weight is 255 g/mol. The molecule has 0 radical (unpaired) electrons. The molecule has 106 valence electrons. The molecule has 2 N–H and O–H groups in total. The standard InChI is InChI=1S/C14H29N3O/c1-2-14(3-11-18-12-4-14)13-16-7-10-17-8-5-15-6-9-17/h15-16H,2-13H2,1H3. The third-order valence-electron chi connectivity index (χ3n) is 4.62. The van der Waals surface area contributed by atoms with Gasteiger partial charge in [0.15, 0.2) is 0 Å². The fourth-order valence-electron chi connectivity index (χ4n) is 2.99. The van der Waals surface area contributed by atoms with Crippen molar-refractivity contribution in [2.45, 2.75) is 26.2 Å². The summed E-state index contributed by atoms with van der Waals surface area (Å²) in [5.74, 6) is 0. The van der Waals surface area contributed by atoms with Gasteiger partial charge in [-0.1, -0.05) is 6.92 Å². The second-order valence-electron chi connectivity index (χ2n) is 5.73. The van der Waals surface area contributed by atoms with Gasteiger partial charge in [0.1, 0.15) is 0 Å². The number of nitrogens with zero attached hydrogens (tertiary/aromatic N) is 1. The molecule has 2 aliphatic rings. The predicted molar refractivity (Wildman–Crippen MR) is 75.0 cm³/mol. The van der Waals surface area contributed by atoms with Gasteiger partial charge in [-0.25, -0.2) is 0 Å². The molecule has 18 heavy (non-hydrogen) atoms. The van der Waals surface area contributed by atoms with Crippen LogP contribution in [0.1, 0.15) is 26.2 Å². The van der Waals surface area contributed by atoms with Gasteiger partial charge in [0, 0.05) is 59.0 Å². The first-order valence-electron chi connectivity index (χ1n) is 7.56. The van der Waals surface area contributed by atoms with E-state index < -0.39 is 0 Å². The summed E-state index contributed by atoms with van der Waals surface area (Å²) in [4.78, 5) is 2.55. The Hall–Kier alpha value is -0.160. The van der Waals surface area contributed by atoms with E-state index in [9.17, 15) is 0 Å². The molecule has 0 aromatic carbocycles. The third kappa shape index (κ3) is 4.19. The topological polar surface area (TPSA) is 36.5 Å². The second kappa shape index (κ2) is 7.43. The van der Waals surface area contributed by atoms with Crippen LogP contribution < -0.4 is 10.6 Å². The minimum atomic E-state index is 0.502. The summed E-state index contributed by atoms with van der Waals surface area (Å²) in [6, 6.07) is 0. The molecule has 2 saturated heterocycles. The summed E-state index contributed by atoms with van der Waals surface area (Å²) in [7, 11) is 0. The van der Waals surface area contributed by atoms with Gasteiger partial charge in [0.2, 0.25) is 0 Å². The molecule has 2 rings (SSSR count). The molecular weight excluding hydrogens is 226 g/mol. The molecule has 0 bridgehead atoms. The van der Waals surface area contributed by atoms with Gasteiger partial charge in [-0.05, 0) is 24.7 Å². The summed E-state index contributed by atoms with van der Waals surface area (Å²) in [6.45, 7) is 12.4. The minimum Gasteiger partial charge on any atom is -0.381 e. The zero-order chi connectivity index (χ0) is 12.7. The van der Waals surface area contributed by atoms with E-state index in [0.29, 0.717) is 5.41 Å². The van der Waals surface area contributed by atoms with E-state index in [1.165, 1.54) is 45.4 Å². The zero-order valence-corrected chi connectivity index (χ0v) is 11.8. The monoisotopic (exact) mass is 255 g/mol. The quantitative estimate of drug-likeness (QED) is 0.685. The van der Waals surface area contributed by atoms with Gasteiger partial charge in [-0.2, -0.15) is 0 Å². The van der Waals surface area contributed by atoms with Crippen molar-refractivity contribution in [1.29, 1.82) is 0 Å². The van der Waals surface area contributed by atoms with Crippen LogP contribution >= 0.6 is 0 Å². The average Bonchev–Trinajstić information content (AvgIpc) is 2.46. The number of rotatable bonds is 6. The smallest absolute Gasteiger partial charge is 0.0471 e.